The highest BCUT2D eigenvalue weighted by Crippen LogP contribution is 2.35. The molecule has 0 saturated carbocycles. The molecule has 0 fully saturated rings. The van der Waals surface area contributed by atoms with Crippen molar-refractivity contribution in [3.05, 3.63) is 53.2 Å². The summed E-state index contributed by atoms with van der Waals surface area (Å²) in [7, 11) is 1.59. The lowest BCUT2D eigenvalue weighted by molar-refractivity contribution is 0.150. The summed E-state index contributed by atoms with van der Waals surface area (Å²) in [6.07, 6.45) is 4.27. The lowest BCUT2D eigenvalue weighted by atomic mass is 9.86. The fourth-order valence-electron chi connectivity index (χ4n) is 3.48. The van der Waals surface area contributed by atoms with Crippen LogP contribution in [0.25, 0.3) is 0 Å². The molecule has 1 heterocycles. The lowest BCUT2D eigenvalue weighted by Gasteiger charge is -2.35. The van der Waals surface area contributed by atoms with Gasteiger partial charge in [0.05, 0.1) is 12.8 Å². The van der Waals surface area contributed by atoms with Gasteiger partial charge in [0.1, 0.15) is 0 Å². The largest absolute Gasteiger partial charge is 0.480 e. The van der Waals surface area contributed by atoms with Crippen molar-refractivity contribution in [3.8, 4) is 5.88 Å². The lowest BCUT2D eigenvalue weighted by Crippen LogP contribution is -2.32. The van der Waals surface area contributed by atoms with E-state index in [2.05, 4.69) is 39.4 Å². The second kappa shape index (κ2) is 8.22. The molecule has 5 nitrogen and oxygen atoms in total. The molecule has 0 radical (unpaired) electrons. The van der Waals surface area contributed by atoms with E-state index < -0.39 is 0 Å². The molecule has 0 saturated heterocycles. The van der Waals surface area contributed by atoms with E-state index in [-0.39, 0.29) is 6.61 Å². The van der Waals surface area contributed by atoms with E-state index in [0.29, 0.717) is 11.9 Å². The van der Waals surface area contributed by atoms with Gasteiger partial charge in [0.2, 0.25) is 5.88 Å². The zero-order valence-corrected chi connectivity index (χ0v) is 14.2. The molecule has 1 aliphatic rings. The number of hydrogen-bond donors (Lipinski definition) is 1. The van der Waals surface area contributed by atoms with E-state index in [1.165, 1.54) is 17.5 Å². The van der Waals surface area contributed by atoms with E-state index in [1.54, 1.807) is 7.11 Å². The van der Waals surface area contributed by atoms with Crippen LogP contribution in [0.15, 0.2) is 36.4 Å². The molecule has 24 heavy (non-hydrogen) atoms. The highest BCUT2D eigenvalue weighted by atomic mass is 16.5. The maximum Gasteiger partial charge on any atom is 0.233 e. The molecular formula is C19H25N3O2. The summed E-state index contributed by atoms with van der Waals surface area (Å²) in [6.45, 7) is 1.79. The Morgan fingerprint density at radius 3 is 2.83 bits per heavy atom. The number of hydrogen-bond acceptors (Lipinski definition) is 5. The number of methoxy groups -OCH3 is 1. The predicted octanol–water partition coefficient (Wildman–Crippen LogP) is 2.75. The minimum Gasteiger partial charge on any atom is -0.480 e. The van der Waals surface area contributed by atoms with Crippen molar-refractivity contribution in [1.82, 2.24) is 15.1 Å². The van der Waals surface area contributed by atoms with Gasteiger partial charge in [0, 0.05) is 31.8 Å². The number of rotatable bonds is 7. The van der Waals surface area contributed by atoms with Gasteiger partial charge in [-0.15, -0.1) is 5.10 Å². The van der Waals surface area contributed by atoms with Crippen molar-refractivity contribution >= 4 is 0 Å². The Hall–Kier alpha value is -1.98. The molecule has 0 amide bonds. The summed E-state index contributed by atoms with van der Waals surface area (Å²) in [5.41, 5.74) is 3.79. The average Bonchev–Trinajstić information content (AvgIpc) is 2.65. The van der Waals surface area contributed by atoms with Gasteiger partial charge in [0.25, 0.3) is 0 Å². The number of aryl methyl sites for hydroxylation is 1. The van der Waals surface area contributed by atoms with Crippen molar-refractivity contribution in [2.75, 3.05) is 20.3 Å². The van der Waals surface area contributed by atoms with Crippen molar-refractivity contribution in [2.45, 2.75) is 38.3 Å². The monoisotopic (exact) mass is 327 g/mol. The molecule has 2 aromatic rings. The third-order valence-electron chi connectivity index (χ3n) is 4.65. The van der Waals surface area contributed by atoms with Crippen molar-refractivity contribution < 1.29 is 9.84 Å². The maximum atomic E-state index is 9.27. The first-order valence-electron chi connectivity index (χ1n) is 8.61. The van der Waals surface area contributed by atoms with Crippen LogP contribution in [0, 0.1) is 0 Å². The van der Waals surface area contributed by atoms with Crippen LogP contribution in [0.5, 0.6) is 5.88 Å². The molecular weight excluding hydrogens is 302 g/mol. The van der Waals surface area contributed by atoms with Crippen LogP contribution in [0.4, 0.5) is 0 Å². The van der Waals surface area contributed by atoms with E-state index >= 15 is 0 Å². The number of fused-ring (bicyclic) bond motifs is 1. The Balaban J connectivity index is 1.81. The molecule has 3 rings (SSSR count). The van der Waals surface area contributed by atoms with Crippen LogP contribution in [-0.4, -0.2) is 40.5 Å². The van der Waals surface area contributed by atoms with E-state index in [4.69, 9.17) is 4.74 Å². The van der Waals surface area contributed by atoms with Gasteiger partial charge in [-0.25, -0.2) is 0 Å². The Kier molecular flexibility index (Phi) is 5.77. The number of nitrogens with zero attached hydrogens (tertiary/aromatic N) is 3. The Bertz CT molecular complexity index is 645. The molecule has 1 atom stereocenters. The van der Waals surface area contributed by atoms with Crippen LogP contribution in [0.3, 0.4) is 0 Å². The maximum absolute atomic E-state index is 9.27. The number of benzene rings is 1. The number of aliphatic hydroxyl groups is 1. The fourth-order valence-corrected chi connectivity index (χ4v) is 3.48. The Morgan fingerprint density at radius 1 is 1.21 bits per heavy atom. The first kappa shape index (κ1) is 16.9. The summed E-state index contributed by atoms with van der Waals surface area (Å²) < 4.78 is 5.08. The first-order chi connectivity index (χ1) is 11.8. The minimum atomic E-state index is 0.207. The molecule has 0 aliphatic heterocycles. The van der Waals surface area contributed by atoms with Gasteiger partial charge in [-0.3, -0.25) is 4.90 Å². The first-order valence-corrected chi connectivity index (χ1v) is 8.61. The van der Waals surface area contributed by atoms with Gasteiger partial charge in [-0.05, 0) is 42.9 Å². The quantitative estimate of drug-likeness (QED) is 0.847. The Labute approximate surface area is 143 Å². The molecule has 0 spiro atoms. The minimum absolute atomic E-state index is 0.207. The normalized spacial score (nSPS) is 16.9. The van der Waals surface area contributed by atoms with Crippen LogP contribution < -0.4 is 4.74 Å². The fraction of sp³-hybridized carbons (Fsp3) is 0.474. The van der Waals surface area contributed by atoms with Crippen molar-refractivity contribution in [1.29, 1.82) is 0 Å². The summed E-state index contributed by atoms with van der Waals surface area (Å²) >= 11 is 0. The second-order valence-corrected chi connectivity index (χ2v) is 6.22. The smallest absolute Gasteiger partial charge is 0.233 e. The van der Waals surface area contributed by atoms with E-state index in [0.717, 1.165) is 38.0 Å². The van der Waals surface area contributed by atoms with Gasteiger partial charge < -0.3 is 9.84 Å². The second-order valence-electron chi connectivity index (χ2n) is 6.22. The molecule has 0 unspecified atom stereocenters. The number of aromatic nitrogens is 2. The third-order valence-corrected chi connectivity index (χ3v) is 4.65. The average molecular weight is 327 g/mol. The third kappa shape index (κ3) is 3.91. The highest BCUT2D eigenvalue weighted by molar-refractivity contribution is 5.32. The molecule has 1 N–H and O–H groups in total. The zero-order chi connectivity index (χ0) is 16.8. The topological polar surface area (TPSA) is 58.5 Å². The van der Waals surface area contributed by atoms with Gasteiger partial charge in [-0.1, -0.05) is 24.3 Å². The van der Waals surface area contributed by atoms with Gasteiger partial charge >= 0.3 is 0 Å². The van der Waals surface area contributed by atoms with Crippen molar-refractivity contribution in [2.24, 2.45) is 0 Å². The van der Waals surface area contributed by atoms with E-state index in [9.17, 15) is 5.11 Å². The molecule has 128 valence electrons. The molecule has 5 heteroatoms. The van der Waals surface area contributed by atoms with Crippen LogP contribution >= 0.6 is 0 Å². The molecule has 1 aliphatic carbocycles. The SMILES string of the molecule is COc1ccc(CN(CCCO)[C@H]2CCCc3ccccc32)nn1. The van der Waals surface area contributed by atoms with Crippen LogP contribution in [0.1, 0.15) is 42.1 Å². The summed E-state index contributed by atoms with van der Waals surface area (Å²) in [5, 5.41) is 17.6. The highest BCUT2D eigenvalue weighted by Gasteiger charge is 2.25. The molecule has 0 bridgehead atoms. The standard InChI is InChI=1S/C19H25N3O2/c1-24-19-11-10-16(20-21-19)14-22(12-5-13-23)18-9-4-7-15-6-2-3-8-17(15)18/h2-3,6,8,10-11,18,23H,4-5,7,9,12-14H2,1H3/t18-/m0/s1. The summed E-state index contributed by atoms with van der Waals surface area (Å²) in [5.74, 6) is 0.531. The molecule has 1 aromatic carbocycles. The predicted molar refractivity (Wildman–Crippen MR) is 92.8 cm³/mol. The van der Waals surface area contributed by atoms with Gasteiger partial charge in [-0.2, -0.15) is 5.10 Å². The Morgan fingerprint density at radius 2 is 2.08 bits per heavy atom. The summed E-state index contributed by atoms with van der Waals surface area (Å²) in [6, 6.07) is 12.9. The van der Waals surface area contributed by atoms with Crippen LogP contribution in [-0.2, 0) is 13.0 Å². The summed E-state index contributed by atoms with van der Waals surface area (Å²) in [4.78, 5) is 2.42. The van der Waals surface area contributed by atoms with Gasteiger partial charge in [0.15, 0.2) is 0 Å². The van der Waals surface area contributed by atoms with E-state index in [1.807, 2.05) is 12.1 Å². The zero-order valence-electron chi connectivity index (χ0n) is 14.2. The number of aliphatic hydroxyl groups excluding tert-OH is 1. The molecule has 1 aromatic heterocycles. The van der Waals surface area contributed by atoms with Crippen molar-refractivity contribution in [3.63, 3.8) is 0 Å². The number of ether oxygens (including phenoxy) is 1. The van der Waals surface area contributed by atoms with Crippen LogP contribution in [0.2, 0.25) is 0 Å².